The van der Waals surface area contributed by atoms with Gasteiger partial charge in [0.25, 0.3) is 0 Å². The molecule has 3 heteroatoms. The van der Waals surface area contributed by atoms with Crippen LogP contribution in [0.15, 0.2) is 60.9 Å². The first-order valence-corrected chi connectivity index (χ1v) is 6.65. The van der Waals surface area contributed by atoms with Crippen molar-refractivity contribution in [2.45, 2.75) is 6.42 Å². The number of aromatic nitrogens is 3. The van der Waals surface area contributed by atoms with E-state index in [0.29, 0.717) is 0 Å². The van der Waals surface area contributed by atoms with Crippen LogP contribution < -0.4 is 0 Å². The minimum atomic E-state index is 0.802. The lowest BCUT2D eigenvalue weighted by molar-refractivity contribution is 1.05. The van der Waals surface area contributed by atoms with Gasteiger partial charge in [0.2, 0.25) is 0 Å². The van der Waals surface area contributed by atoms with Crippen molar-refractivity contribution >= 4 is 21.8 Å². The number of rotatable bonds is 2. The molecule has 2 heterocycles. The van der Waals surface area contributed by atoms with Crippen molar-refractivity contribution in [3.05, 3.63) is 72.3 Å². The van der Waals surface area contributed by atoms with Crippen LogP contribution in [0, 0.1) is 0 Å². The third-order valence-electron chi connectivity index (χ3n) is 3.57. The smallest absolute Gasteiger partial charge is 0.111 e. The molecule has 2 aromatic heterocycles. The molecule has 0 bridgehead atoms. The summed E-state index contributed by atoms with van der Waals surface area (Å²) in [5, 5.41) is 2.55. The van der Waals surface area contributed by atoms with Crippen molar-refractivity contribution < 1.29 is 0 Å². The Morgan fingerprint density at radius 1 is 0.950 bits per heavy atom. The van der Waals surface area contributed by atoms with E-state index in [1.165, 1.54) is 16.3 Å². The summed E-state index contributed by atoms with van der Waals surface area (Å²) in [6.45, 7) is 0. The highest BCUT2D eigenvalue weighted by molar-refractivity contribution is 5.86. The standard InChI is InChI=1S/C17H13N3/c1-2-7-14-12(4-1)5-3-6-13(14)10-17-19-15-8-9-18-11-16(15)20-17/h1-9,11H,10H2,(H,19,20). The van der Waals surface area contributed by atoms with E-state index in [2.05, 4.69) is 57.4 Å². The molecule has 4 aromatic rings. The monoisotopic (exact) mass is 259 g/mol. The van der Waals surface area contributed by atoms with Gasteiger partial charge in [0, 0.05) is 12.6 Å². The molecule has 0 aliphatic heterocycles. The van der Waals surface area contributed by atoms with Crippen LogP contribution in [0.2, 0.25) is 0 Å². The number of benzene rings is 2. The summed E-state index contributed by atoms with van der Waals surface area (Å²) in [6, 6.07) is 16.8. The molecule has 0 amide bonds. The second-order valence-electron chi connectivity index (χ2n) is 4.89. The summed E-state index contributed by atoms with van der Waals surface area (Å²) < 4.78 is 0. The highest BCUT2D eigenvalue weighted by Crippen LogP contribution is 2.21. The number of hydrogen-bond donors (Lipinski definition) is 1. The van der Waals surface area contributed by atoms with Crippen molar-refractivity contribution in [2.24, 2.45) is 0 Å². The van der Waals surface area contributed by atoms with Crippen molar-refractivity contribution in [3.63, 3.8) is 0 Å². The van der Waals surface area contributed by atoms with Crippen molar-refractivity contribution in [1.29, 1.82) is 0 Å². The maximum atomic E-state index is 4.62. The number of imidazole rings is 1. The van der Waals surface area contributed by atoms with E-state index in [-0.39, 0.29) is 0 Å². The number of H-pyrrole nitrogens is 1. The van der Waals surface area contributed by atoms with Gasteiger partial charge in [-0.15, -0.1) is 0 Å². The minimum Gasteiger partial charge on any atom is -0.340 e. The normalized spacial score (nSPS) is 11.2. The maximum absolute atomic E-state index is 4.62. The third kappa shape index (κ3) is 1.84. The topological polar surface area (TPSA) is 41.6 Å². The molecule has 20 heavy (non-hydrogen) atoms. The lowest BCUT2D eigenvalue weighted by atomic mass is 10.0. The average Bonchev–Trinajstić information content (AvgIpc) is 2.90. The third-order valence-corrected chi connectivity index (χ3v) is 3.57. The van der Waals surface area contributed by atoms with Crippen LogP contribution in [0.4, 0.5) is 0 Å². The second-order valence-corrected chi connectivity index (χ2v) is 4.89. The highest BCUT2D eigenvalue weighted by atomic mass is 14.9. The molecule has 2 aromatic carbocycles. The van der Waals surface area contributed by atoms with E-state index in [1.807, 2.05) is 12.3 Å². The lowest BCUT2D eigenvalue weighted by Crippen LogP contribution is -1.91. The quantitative estimate of drug-likeness (QED) is 0.596. The second kappa shape index (κ2) is 4.46. The molecule has 0 atom stereocenters. The van der Waals surface area contributed by atoms with Gasteiger partial charge in [-0.25, -0.2) is 4.98 Å². The van der Waals surface area contributed by atoms with Crippen molar-refractivity contribution in [2.75, 3.05) is 0 Å². The predicted octanol–water partition coefficient (Wildman–Crippen LogP) is 3.70. The Morgan fingerprint density at radius 3 is 2.80 bits per heavy atom. The van der Waals surface area contributed by atoms with E-state index in [0.717, 1.165) is 23.3 Å². The molecule has 0 saturated carbocycles. The Balaban J connectivity index is 1.80. The van der Waals surface area contributed by atoms with Gasteiger partial charge in [-0.2, -0.15) is 0 Å². The zero-order chi connectivity index (χ0) is 13.4. The minimum absolute atomic E-state index is 0.802. The Hall–Kier alpha value is -2.68. The van der Waals surface area contributed by atoms with Gasteiger partial charge in [0.15, 0.2) is 0 Å². The van der Waals surface area contributed by atoms with E-state index in [1.54, 1.807) is 6.20 Å². The molecular formula is C17H13N3. The van der Waals surface area contributed by atoms with E-state index >= 15 is 0 Å². The summed E-state index contributed by atoms with van der Waals surface area (Å²) in [7, 11) is 0. The van der Waals surface area contributed by atoms with Crippen molar-refractivity contribution in [1.82, 2.24) is 15.0 Å². The van der Waals surface area contributed by atoms with E-state index in [4.69, 9.17) is 0 Å². The number of nitrogens with one attached hydrogen (secondary N) is 1. The van der Waals surface area contributed by atoms with Crippen LogP contribution in [-0.2, 0) is 6.42 Å². The maximum Gasteiger partial charge on any atom is 0.111 e. The summed E-state index contributed by atoms with van der Waals surface area (Å²) in [5.74, 6) is 0.976. The lowest BCUT2D eigenvalue weighted by Gasteiger charge is -2.04. The Morgan fingerprint density at radius 2 is 1.85 bits per heavy atom. The fourth-order valence-corrected chi connectivity index (χ4v) is 2.62. The summed E-state index contributed by atoms with van der Waals surface area (Å²) in [6.07, 6.45) is 4.38. The van der Waals surface area contributed by atoms with Gasteiger partial charge in [0.05, 0.1) is 17.2 Å². The van der Waals surface area contributed by atoms with Gasteiger partial charge in [-0.1, -0.05) is 42.5 Å². The Bertz CT molecular complexity index is 854. The van der Waals surface area contributed by atoms with Gasteiger partial charge in [-0.05, 0) is 22.4 Å². The SMILES string of the molecule is c1ccc2c(Cc3nc4ccncc4[nH]3)cccc2c1. The van der Waals surface area contributed by atoms with Crippen LogP contribution >= 0.6 is 0 Å². The zero-order valence-electron chi connectivity index (χ0n) is 10.9. The van der Waals surface area contributed by atoms with Crippen LogP contribution in [-0.4, -0.2) is 15.0 Å². The van der Waals surface area contributed by atoms with Gasteiger partial charge >= 0.3 is 0 Å². The molecule has 0 radical (unpaired) electrons. The fourth-order valence-electron chi connectivity index (χ4n) is 2.62. The molecular weight excluding hydrogens is 246 g/mol. The van der Waals surface area contributed by atoms with Gasteiger partial charge < -0.3 is 4.98 Å². The molecule has 3 nitrogen and oxygen atoms in total. The Kier molecular flexibility index (Phi) is 2.49. The molecule has 96 valence electrons. The van der Waals surface area contributed by atoms with Gasteiger partial charge in [0.1, 0.15) is 5.82 Å². The Labute approximate surface area is 116 Å². The number of hydrogen-bond acceptors (Lipinski definition) is 2. The number of nitrogens with zero attached hydrogens (tertiary/aromatic N) is 2. The number of fused-ring (bicyclic) bond motifs is 2. The van der Waals surface area contributed by atoms with Crippen LogP contribution in [0.3, 0.4) is 0 Å². The van der Waals surface area contributed by atoms with Crippen molar-refractivity contribution in [3.8, 4) is 0 Å². The molecule has 0 aliphatic rings. The molecule has 0 spiro atoms. The molecule has 1 N–H and O–H groups in total. The van der Waals surface area contributed by atoms with E-state index < -0.39 is 0 Å². The van der Waals surface area contributed by atoms with Gasteiger partial charge in [-0.3, -0.25) is 4.98 Å². The first-order valence-electron chi connectivity index (χ1n) is 6.65. The van der Waals surface area contributed by atoms with E-state index in [9.17, 15) is 0 Å². The van der Waals surface area contributed by atoms with Crippen LogP contribution in [0.5, 0.6) is 0 Å². The number of aromatic amines is 1. The zero-order valence-corrected chi connectivity index (χ0v) is 10.9. The molecule has 0 unspecified atom stereocenters. The number of pyridine rings is 1. The first-order chi connectivity index (χ1) is 9.90. The summed E-state index contributed by atoms with van der Waals surface area (Å²) in [5.41, 5.74) is 3.24. The summed E-state index contributed by atoms with van der Waals surface area (Å²) in [4.78, 5) is 12.1. The molecule has 4 rings (SSSR count). The summed E-state index contributed by atoms with van der Waals surface area (Å²) >= 11 is 0. The fraction of sp³-hybridized carbons (Fsp3) is 0.0588. The van der Waals surface area contributed by atoms with Crippen LogP contribution in [0.1, 0.15) is 11.4 Å². The predicted molar refractivity (Wildman–Crippen MR) is 80.6 cm³/mol. The molecule has 0 aliphatic carbocycles. The average molecular weight is 259 g/mol. The molecule has 0 fully saturated rings. The largest absolute Gasteiger partial charge is 0.340 e. The highest BCUT2D eigenvalue weighted by Gasteiger charge is 2.06. The first kappa shape index (κ1) is 11.2. The van der Waals surface area contributed by atoms with Crippen LogP contribution in [0.25, 0.3) is 21.8 Å². The molecule has 0 saturated heterocycles.